The Morgan fingerprint density at radius 2 is 1.88 bits per heavy atom. The van der Waals surface area contributed by atoms with Gasteiger partial charge in [-0.05, 0) is 32.3 Å². The van der Waals surface area contributed by atoms with Crippen molar-refractivity contribution in [3.05, 3.63) is 17.1 Å². The van der Waals surface area contributed by atoms with E-state index in [1.165, 1.54) is 10.7 Å². The van der Waals surface area contributed by atoms with Gasteiger partial charge < -0.3 is 14.1 Å². The van der Waals surface area contributed by atoms with Crippen LogP contribution in [0.25, 0.3) is 11.6 Å². The van der Waals surface area contributed by atoms with Crippen molar-refractivity contribution < 1.29 is 17.6 Å². The lowest BCUT2D eigenvalue weighted by Gasteiger charge is -2.26. The number of aryl methyl sites for hydroxylation is 1. The number of rotatable bonds is 4. The van der Waals surface area contributed by atoms with Crippen LogP contribution in [-0.2, 0) is 14.8 Å². The molecule has 2 fully saturated rings. The molecule has 2 aromatic heterocycles. The highest BCUT2D eigenvalue weighted by atomic mass is 32.2. The van der Waals surface area contributed by atoms with Crippen LogP contribution in [0.4, 0.5) is 0 Å². The molecule has 3 heterocycles. The van der Waals surface area contributed by atoms with E-state index in [9.17, 15) is 8.42 Å². The lowest BCUT2D eigenvalue weighted by atomic mass is 9.85. The first kappa shape index (κ1) is 16.7. The molecule has 0 bridgehead atoms. The first-order valence-corrected chi connectivity index (χ1v) is 10.0. The molecule has 1 saturated carbocycles. The van der Waals surface area contributed by atoms with E-state index in [2.05, 4.69) is 15.2 Å². The van der Waals surface area contributed by atoms with Crippen molar-refractivity contribution in [3.8, 4) is 11.6 Å². The van der Waals surface area contributed by atoms with Crippen LogP contribution in [0.15, 0.2) is 9.31 Å². The van der Waals surface area contributed by atoms with Gasteiger partial charge in [0, 0.05) is 24.7 Å². The fourth-order valence-electron chi connectivity index (χ4n) is 3.41. The standard InChI is InChI=1S/C16H22N4O4S/c1-10-13(16-19-18-15(24-16)12-4-3-5-12)17-11(2)14(10)25(21,22)20-6-8-23-9-7-20/h12,17H,3-9H2,1-2H3. The molecule has 2 aliphatic rings. The van der Waals surface area contributed by atoms with E-state index in [1.807, 2.05) is 0 Å². The van der Waals surface area contributed by atoms with Crippen molar-refractivity contribution in [1.82, 2.24) is 19.5 Å². The van der Waals surface area contributed by atoms with Gasteiger partial charge in [0.05, 0.1) is 13.2 Å². The van der Waals surface area contributed by atoms with Crippen molar-refractivity contribution in [2.24, 2.45) is 0 Å². The summed E-state index contributed by atoms with van der Waals surface area (Å²) in [5.74, 6) is 1.34. The summed E-state index contributed by atoms with van der Waals surface area (Å²) >= 11 is 0. The number of morpholine rings is 1. The highest BCUT2D eigenvalue weighted by Gasteiger charge is 2.33. The average molecular weight is 366 g/mol. The van der Waals surface area contributed by atoms with Gasteiger partial charge >= 0.3 is 0 Å². The van der Waals surface area contributed by atoms with E-state index < -0.39 is 10.0 Å². The van der Waals surface area contributed by atoms with E-state index in [0.29, 0.717) is 65.8 Å². The predicted molar refractivity (Wildman–Crippen MR) is 89.7 cm³/mol. The molecule has 1 aliphatic heterocycles. The molecule has 1 saturated heterocycles. The normalized spacial score (nSPS) is 19.9. The van der Waals surface area contributed by atoms with Gasteiger partial charge in [0.2, 0.25) is 15.9 Å². The fourth-order valence-corrected chi connectivity index (χ4v) is 5.22. The second-order valence-corrected chi connectivity index (χ2v) is 8.54. The quantitative estimate of drug-likeness (QED) is 0.888. The Labute approximate surface area is 146 Å². The Morgan fingerprint density at radius 1 is 1.16 bits per heavy atom. The maximum atomic E-state index is 13.0. The molecule has 1 N–H and O–H groups in total. The van der Waals surface area contributed by atoms with E-state index >= 15 is 0 Å². The van der Waals surface area contributed by atoms with Crippen molar-refractivity contribution in [1.29, 1.82) is 0 Å². The molecule has 0 amide bonds. The van der Waals surface area contributed by atoms with Crippen molar-refractivity contribution in [3.63, 3.8) is 0 Å². The Hall–Kier alpha value is -1.71. The van der Waals surface area contributed by atoms with Gasteiger partial charge in [0.1, 0.15) is 10.6 Å². The number of nitrogens with one attached hydrogen (secondary N) is 1. The summed E-state index contributed by atoms with van der Waals surface area (Å²) in [7, 11) is -3.58. The summed E-state index contributed by atoms with van der Waals surface area (Å²) in [5, 5.41) is 8.26. The Morgan fingerprint density at radius 3 is 2.52 bits per heavy atom. The maximum absolute atomic E-state index is 13.0. The molecule has 8 nitrogen and oxygen atoms in total. The van der Waals surface area contributed by atoms with Gasteiger partial charge in [-0.15, -0.1) is 10.2 Å². The van der Waals surface area contributed by atoms with Crippen LogP contribution in [0.3, 0.4) is 0 Å². The number of hydrogen-bond acceptors (Lipinski definition) is 6. The monoisotopic (exact) mass is 366 g/mol. The van der Waals surface area contributed by atoms with Crippen LogP contribution in [0.5, 0.6) is 0 Å². The minimum atomic E-state index is -3.58. The molecule has 0 radical (unpaired) electrons. The van der Waals surface area contributed by atoms with Gasteiger partial charge in [0.25, 0.3) is 5.89 Å². The molecule has 0 spiro atoms. The molecular formula is C16H22N4O4S. The second-order valence-electron chi connectivity index (χ2n) is 6.67. The SMILES string of the molecule is Cc1[nH]c(-c2nnc(C3CCC3)o2)c(C)c1S(=O)(=O)N1CCOCC1. The van der Waals surface area contributed by atoms with E-state index in [0.717, 1.165) is 12.8 Å². The third-order valence-electron chi connectivity index (χ3n) is 5.05. The number of sulfonamides is 1. The van der Waals surface area contributed by atoms with Crippen molar-refractivity contribution in [2.45, 2.75) is 43.9 Å². The van der Waals surface area contributed by atoms with E-state index in [4.69, 9.17) is 9.15 Å². The van der Waals surface area contributed by atoms with Crippen molar-refractivity contribution in [2.75, 3.05) is 26.3 Å². The Bertz CT molecular complexity index is 876. The van der Waals surface area contributed by atoms with Crippen LogP contribution in [0, 0.1) is 13.8 Å². The minimum absolute atomic E-state index is 0.299. The zero-order chi connectivity index (χ0) is 17.6. The zero-order valence-electron chi connectivity index (χ0n) is 14.4. The first-order chi connectivity index (χ1) is 12.0. The maximum Gasteiger partial charge on any atom is 0.264 e. The summed E-state index contributed by atoms with van der Waals surface area (Å²) in [6.07, 6.45) is 3.33. The lowest BCUT2D eigenvalue weighted by Crippen LogP contribution is -2.40. The summed E-state index contributed by atoms with van der Waals surface area (Å²) in [6.45, 7) is 5.11. The summed E-state index contributed by atoms with van der Waals surface area (Å²) in [5.41, 5.74) is 1.79. The molecule has 4 rings (SSSR count). The number of aromatic amines is 1. The number of nitrogens with zero attached hydrogens (tertiary/aromatic N) is 3. The average Bonchev–Trinajstić information content (AvgIpc) is 3.11. The Balaban J connectivity index is 1.70. The number of H-pyrrole nitrogens is 1. The van der Waals surface area contributed by atoms with Crippen LogP contribution >= 0.6 is 0 Å². The highest BCUT2D eigenvalue weighted by Crippen LogP contribution is 2.37. The fraction of sp³-hybridized carbons (Fsp3) is 0.625. The van der Waals surface area contributed by atoms with Crippen LogP contribution in [-0.4, -0.2) is 54.2 Å². The number of hydrogen-bond donors (Lipinski definition) is 1. The van der Waals surface area contributed by atoms with Crippen molar-refractivity contribution >= 4 is 10.0 Å². The molecule has 25 heavy (non-hydrogen) atoms. The minimum Gasteiger partial charge on any atom is -0.419 e. The summed E-state index contributed by atoms with van der Waals surface area (Å²) in [6, 6.07) is 0. The van der Waals surface area contributed by atoms with Gasteiger partial charge in [-0.1, -0.05) is 6.42 Å². The predicted octanol–water partition coefficient (Wildman–Crippen LogP) is 1.97. The smallest absolute Gasteiger partial charge is 0.264 e. The molecule has 136 valence electrons. The van der Waals surface area contributed by atoms with Crippen LogP contribution < -0.4 is 0 Å². The lowest BCUT2D eigenvalue weighted by molar-refractivity contribution is 0.0730. The molecule has 0 aromatic carbocycles. The summed E-state index contributed by atoms with van der Waals surface area (Å²) in [4.78, 5) is 3.43. The first-order valence-electron chi connectivity index (χ1n) is 8.59. The van der Waals surface area contributed by atoms with Gasteiger partial charge in [0.15, 0.2) is 0 Å². The molecule has 1 aliphatic carbocycles. The molecule has 2 aromatic rings. The Kier molecular flexibility index (Phi) is 4.17. The molecule has 0 atom stereocenters. The highest BCUT2D eigenvalue weighted by molar-refractivity contribution is 7.89. The summed E-state index contributed by atoms with van der Waals surface area (Å²) < 4.78 is 38.6. The third-order valence-corrected chi connectivity index (χ3v) is 7.22. The van der Waals surface area contributed by atoms with Gasteiger partial charge in [-0.2, -0.15) is 4.31 Å². The topological polar surface area (TPSA) is 101 Å². The number of aromatic nitrogens is 3. The largest absolute Gasteiger partial charge is 0.419 e. The molecule has 0 unspecified atom stereocenters. The zero-order valence-corrected chi connectivity index (χ0v) is 15.2. The third kappa shape index (κ3) is 2.80. The van der Waals surface area contributed by atoms with Gasteiger partial charge in [-0.25, -0.2) is 8.42 Å². The van der Waals surface area contributed by atoms with Gasteiger partial charge in [-0.3, -0.25) is 0 Å². The second kappa shape index (κ2) is 6.22. The van der Waals surface area contributed by atoms with Crippen LogP contribution in [0.2, 0.25) is 0 Å². The van der Waals surface area contributed by atoms with E-state index in [1.54, 1.807) is 13.8 Å². The van der Waals surface area contributed by atoms with E-state index in [-0.39, 0.29) is 0 Å². The molecular weight excluding hydrogens is 344 g/mol. The molecule has 9 heteroatoms. The number of ether oxygens (including phenoxy) is 1. The van der Waals surface area contributed by atoms with Crippen LogP contribution in [0.1, 0.15) is 42.3 Å².